The highest BCUT2D eigenvalue weighted by molar-refractivity contribution is 7.98. The zero-order valence-corrected chi connectivity index (χ0v) is 16.2. The maximum atomic E-state index is 12.2. The third-order valence-corrected chi connectivity index (χ3v) is 5.06. The van der Waals surface area contributed by atoms with Gasteiger partial charge in [-0.2, -0.15) is 0 Å². The SMILES string of the molecule is O=C(O)/C(=C/c1ccc(SCc2ccccc2Cl)o1)NC(=O)c1ccccc1. The summed E-state index contributed by atoms with van der Waals surface area (Å²) in [6.07, 6.45) is 1.28. The summed E-state index contributed by atoms with van der Waals surface area (Å²) < 4.78 is 5.64. The molecule has 0 unspecified atom stereocenters. The van der Waals surface area contributed by atoms with Crippen molar-refractivity contribution in [1.29, 1.82) is 0 Å². The summed E-state index contributed by atoms with van der Waals surface area (Å²) in [4.78, 5) is 23.7. The van der Waals surface area contributed by atoms with E-state index in [1.165, 1.54) is 17.8 Å². The van der Waals surface area contributed by atoms with Gasteiger partial charge in [0, 0.05) is 22.4 Å². The van der Waals surface area contributed by atoms with Crippen molar-refractivity contribution in [3.05, 3.63) is 94.3 Å². The van der Waals surface area contributed by atoms with Crippen LogP contribution in [0.15, 0.2) is 81.9 Å². The van der Waals surface area contributed by atoms with Crippen molar-refractivity contribution in [2.24, 2.45) is 0 Å². The van der Waals surface area contributed by atoms with Crippen LogP contribution in [0.2, 0.25) is 5.02 Å². The van der Waals surface area contributed by atoms with Crippen LogP contribution in [-0.2, 0) is 10.5 Å². The first-order valence-electron chi connectivity index (χ1n) is 8.30. The van der Waals surface area contributed by atoms with Crippen molar-refractivity contribution < 1.29 is 19.1 Å². The molecule has 3 rings (SSSR count). The molecule has 0 atom stereocenters. The van der Waals surface area contributed by atoms with Gasteiger partial charge >= 0.3 is 5.97 Å². The lowest BCUT2D eigenvalue weighted by atomic mass is 10.2. The van der Waals surface area contributed by atoms with E-state index < -0.39 is 11.9 Å². The lowest BCUT2D eigenvalue weighted by Gasteiger charge is -2.05. The topological polar surface area (TPSA) is 79.5 Å². The van der Waals surface area contributed by atoms with E-state index in [1.54, 1.807) is 42.5 Å². The Balaban J connectivity index is 1.69. The minimum absolute atomic E-state index is 0.272. The summed E-state index contributed by atoms with van der Waals surface area (Å²) in [6.45, 7) is 0. The van der Waals surface area contributed by atoms with Crippen molar-refractivity contribution >= 4 is 41.3 Å². The molecule has 0 aliphatic heterocycles. The number of amides is 1. The minimum atomic E-state index is -1.26. The molecular formula is C21H16ClNO4S. The molecule has 0 bridgehead atoms. The normalized spacial score (nSPS) is 11.2. The van der Waals surface area contributed by atoms with Crippen LogP contribution in [0.5, 0.6) is 0 Å². The van der Waals surface area contributed by atoms with Crippen LogP contribution in [0, 0.1) is 0 Å². The molecule has 0 aliphatic rings. The van der Waals surface area contributed by atoms with Crippen LogP contribution >= 0.6 is 23.4 Å². The molecule has 142 valence electrons. The lowest BCUT2D eigenvalue weighted by Crippen LogP contribution is -2.27. The summed E-state index contributed by atoms with van der Waals surface area (Å²) in [7, 11) is 0. The summed E-state index contributed by atoms with van der Waals surface area (Å²) in [5, 5.41) is 13.1. The number of carboxylic acids is 1. The molecule has 0 saturated heterocycles. The number of hydrogen-bond acceptors (Lipinski definition) is 4. The second-order valence-corrected chi connectivity index (χ2v) is 7.11. The van der Waals surface area contributed by atoms with Crippen LogP contribution in [0.4, 0.5) is 0 Å². The second kappa shape index (κ2) is 9.30. The zero-order chi connectivity index (χ0) is 19.9. The highest BCUT2D eigenvalue weighted by Gasteiger charge is 2.14. The summed E-state index contributed by atoms with van der Waals surface area (Å²) >= 11 is 7.58. The van der Waals surface area contributed by atoms with Gasteiger partial charge in [0.15, 0.2) is 5.09 Å². The van der Waals surface area contributed by atoms with Gasteiger partial charge in [0.2, 0.25) is 0 Å². The van der Waals surface area contributed by atoms with Gasteiger partial charge in [-0.25, -0.2) is 4.79 Å². The third-order valence-electron chi connectivity index (χ3n) is 3.73. The molecule has 1 heterocycles. The standard InChI is InChI=1S/C21H16ClNO4S/c22-17-9-5-4-8-15(17)13-28-19-11-10-16(27-19)12-18(21(25)26)23-20(24)14-6-2-1-3-7-14/h1-12H,13H2,(H,23,24)(H,25,26)/b18-12-. The van der Waals surface area contributed by atoms with Crippen LogP contribution in [0.1, 0.15) is 21.7 Å². The van der Waals surface area contributed by atoms with Crippen LogP contribution < -0.4 is 5.32 Å². The molecule has 7 heteroatoms. The molecule has 28 heavy (non-hydrogen) atoms. The predicted molar refractivity (Wildman–Crippen MR) is 109 cm³/mol. The fourth-order valence-corrected chi connectivity index (χ4v) is 3.48. The maximum Gasteiger partial charge on any atom is 0.352 e. The maximum absolute atomic E-state index is 12.2. The van der Waals surface area contributed by atoms with E-state index in [-0.39, 0.29) is 5.70 Å². The third kappa shape index (κ3) is 5.28. The number of aliphatic carboxylic acids is 1. The molecule has 5 nitrogen and oxygen atoms in total. The molecule has 1 aromatic heterocycles. The largest absolute Gasteiger partial charge is 0.477 e. The average Bonchev–Trinajstić information content (AvgIpc) is 3.15. The molecular weight excluding hydrogens is 398 g/mol. The first kappa shape index (κ1) is 19.8. The van der Waals surface area contributed by atoms with Gasteiger partial charge in [-0.3, -0.25) is 4.79 Å². The van der Waals surface area contributed by atoms with E-state index in [0.29, 0.717) is 27.2 Å². The number of thioether (sulfide) groups is 1. The van der Waals surface area contributed by atoms with Crippen molar-refractivity contribution in [3.63, 3.8) is 0 Å². The number of carbonyl (C=O) groups excluding carboxylic acids is 1. The Morgan fingerprint density at radius 2 is 1.75 bits per heavy atom. The molecule has 0 saturated carbocycles. The van der Waals surface area contributed by atoms with Crippen LogP contribution in [-0.4, -0.2) is 17.0 Å². The number of hydrogen-bond donors (Lipinski definition) is 2. The molecule has 2 aromatic carbocycles. The Labute approximate surface area is 171 Å². The van der Waals surface area contributed by atoms with Gasteiger partial charge in [-0.1, -0.05) is 59.8 Å². The van der Waals surface area contributed by atoms with Crippen molar-refractivity contribution in [1.82, 2.24) is 5.32 Å². The summed E-state index contributed by atoms with van der Waals surface area (Å²) in [5.74, 6) is -0.820. The fourth-order valence-electron chi connectivity index (χ4n) is 2.33. The van der Waals surface area contributed by atoms with E-state index in [9.17, 15) is 14.7 Å². The Morgan fingerprint density at radius 3 is 2.46 bits per heavy atom. The van der Waals surface area contributed by atoms with E-state index in [0.717, 1.165) is 5.56 Å². The number of carbonyl (C=O) groups is 2. The van der Waals surface area contributed by atoms with Gasteiger partial charge in [0.25, 0.3) is 5.91 Å². The van der Waals surface area contributed by atoms with Crippen molar-refractivity contribution in [2.75, 3.05) is 0 Å². The quantitative estimate of drug-likeness (QED) is 0.417. The fraction of sp³-hybridized carbons (Fsp3) is 0.0476. The van der Waals surface area contributed by atoms with E-state index >= 15 is 0 Å². The molecule has 0 aliphatic carbocycles. The first-order chi connectivity index (χ1) is 13.5. The number of benzene rings is 2. The Kier molecular flexibility index (Phi) is 6.57. The highest BCUT2D eigenvalue weighted by atomic mass is 35.5. The van der Waals surface area contributed by atoms with Gasteiger partial charge in [0.05, 0.1) is 0 Å². The van der Waals surface area contributed by atoms with Crippen LogP contribution in [0.25, 0.3) is 6.08 Å². The van der Waals surface area contributed by atoms with Gasteiger partial charge < -0.3 is 14.8 Å². The number of carboxylic acid groups (broad SMARTS) is 1. The number of halogens is 1. The lowest BCUT2D eigenvalue weighted by molar-refractivity contribution is -0.132. The molecule has 0 fully saturated rings. The first-order valence-corrected chi connectivity index (χ1v) is 9.67. The molecule has 0 radical (unpaired) electrons. The number of nitrogens with one attached hydrogen (secondary N) is 1. The molecule has 1 amide bonds. The van der Waals surface area contributed by atoms with Gasteiger partial charge in [0.1, 0.15) is 11.5 Å². The zero-order valence-electron chi connectivity index (χ0n) is 14.6. The predicted octanol–water partition coefficient (Wildman–Crippen LogP) is 5.08. The smallest absolute Gasteiger partial charge is 0.352 e. The monoisotopic (exact) mass is 413 g/mol. The number of rotatable bonds is 7. The van der Waals surface area contributed by atoms with E-state index in [1.807, 2.05) is 24.3 Å². The summed E-state index contributed by atoms with van der Waals surface area (Å²) in [5.41, 5.74) is 1.07. The van der Waals surface area contributed by atoms with Crippen molar-refractivity contribution in [2.45, 2.75) is 10.8 Å². The van der Waals surface area contributed by atoms with Crippen LogP contribution in [0.3, 0.4) is 0 Å². The van der Waals surface area contributed by atoms with Gasteiger partial charge in [-0.15, -0.1) is 0 Å². The summed E-state index contributed by atoms with van der Waals surface area (Å²) in [6, 6.07) is 19.3. The Bertz CT molecular complexity index is 1010. The minimum Gasteiger partial charge on any atom is -0.477 e. The molecule has 3 aromatic rings. The van der Waals surface area contributed by atoms with E-state index in [4.69, 9.17) is 16.0 Å². The number of furan rings is 1. The Morgan fingerprint density at radius 1 is 1.04 bits per heavy atom. The Hall–Kier alpha value is -2.96. The average molecular weight is 414 g/mol. The molecule has 2 N–H and O–H groups in total. The molecule has 0 spiro atoms. The van der Waals surface area contributed by atoms with Gasteiger partial charge in [-0.05, 0) is 35.9 Å². The second-order valence-electron chi connectivity index (χ2n) is 5.72. The highest BCUT2D eigenvalue weighted by Crippen LogP contribution is 2.28. The van der Waals surface area contributed by atoms with Crippen molar-refractivity contribution in [3.8, 4) is 0 Å². The van der Waals surface area contributed by atoms with E-state index in [2.05, 4.69) is 5.32 Å².